The maximum atomic E-state index is 6.11. The summed E-state index contributed by atoms with van der Waals surface area (Å²) in [4.78, 5) is 0. The van der Waals surface area contributed by atoms with Crippen LogP contribution in [-0.2, 0) is 9.47 Å². The molecule has 0 saturated carbocycles. The summed E-state index contributed by atoms with van der Waals surface area (Å²) in [6.45, 7) is 1.94. The van der Waals surface area contributed by atoms with E-state index in [9.17, 15) is 0 Å². The summed E-state index contributed by atoms with van der Waals surface area (Å²) in [5.74, 6) is 0. The van der Waals surface area contributed by atoms with Crippen LogP contribution < -0.4 is 0 Å². The Morgan fingerprint density at radius 2 is 1.05 bits per heavy atom. The third-order valence-corrected chi connectivity index (χ3v) is 4.70. The maximum Gasteiger partial charge on any atom is 0.0834 e. The zero-order valence-corrected chi connectivity index (χ0v) is 13.3. The van der Waals surface area contributed by atoms with E-state index in [-0.39, 0.29) is 0 Å². The van der Waals surface area contributed by atoms with E-state index in [1.165, 1.54) is 83.5 Å². The molecule has 2 nitrogen and oxygen atoms in total. The molecular weight excluding hydrogens is 248 g/mol. The predicted octanol–water partition coefficient (Wildman–Crippen LogP) is 5.25. The van der Waals surface area contributed by atoms with Crippen LogP contribution in [0.2, 0.25) is 0 Å². The van der Waals surface area contributed by atoms with Crippen LogP contribution in [0.1, 0.15) is 89.9 Å². The molecule has 0 N–H and O–H groups in total. The monoisotopic (exact) mass is 282 g/mol. The molecule has 0 bridgehead atoms. The Bertz CT molecular complexity index is 209. The Labute approximate surface area is 125 Å². The van der Waals surface area contributed by atoms with Crippen molar-refractivity contribution in [2.24, 2.45) is 0 Å². The van der Waals surface area contributed by atoms with E-state index in [1.54, 1.807) is 0 Å². The van der Waals surface area contributed by atoms with Crippen LogP contribution in [0.25, 0.3) is 0 Å². The predicted molar refractivity (Wildman–Crippen MR) is 84.1 cm³/mol. The molecule has 0 aromatic carbocycles. The van der Waals surface area contributed by atoms with Crippen LogP contribution in [-0.4, -0.2) is 25.4 Å². The van der Waals surface area contributed by atoms with E-state index in [0.29, 0.717) is 12.2 Å². The van der Waals surface area contributed by atoms with E-state index < -0.39 is 0 Å². The highest BCUT2D eigenvalue weighted by molar-refractivity contribution is 4.74. The largest absolute Gasteiger partial charge is 0.378 e. The lowest BCUT2D eigenvalue weighted by Crippen LogP contribution is -2.16. The van der Waals surface area contributed by atoms with Crippen LogP contribution in [0.3, 0.4) is 0 Å². The Morgan fingerprint density at radius 1 is 0.550 bits per heavy atom. The topological polar surface area (TPSA) is 21.8 Å². The van der Waals surface area contributed by atoms with E-state index in [2.05, 4.69) is 0 Å². The van der Waals surface area contributed by atoms with Crippen molar-refractivity contribution in [2.45, 2.75) is 102 Å². The van der Waals surface area contributed by atoms with Crippen LogP contribution in [0.15, 0.2) is 0 Å². The standard InChI is InChI=1S/C18H34O2/c1-2-4-6-8-10-12-14-19-17(15-18-16-20-18)13-11-9-7-5-3-1/h17-18H,1-16H2. The van der Waals surface area contributed by atoms with Gasteiger partial charge in [-0.1, -0.05) is 70.6 Å². The minimum Gasteiger partial charge on any atom is -0.378 e. The first-order valence-corrected chi connectivity index (χ1v) is 9.18. The highest BCUT2D eigenvalue weighted by atomic mass is 16.6. The smallest absolute Gasteiger partial charge is 0.0834 e. The lowest BCUT2D eigenvalue weighted by atomic mass is 10.0. The van der Waals surface area contributed by atoms with Crippen molar-refractivity contribution in [3.8, 4) is 0 Å². The van der Waals surface area contributed by atoms with Gasteiger partial charge < -0.3 is 9.47 Å². The second-order valence-corrected chi connectivity index (χ2v) is 6.72. The number of rotatable bonds is 2. The molecule has 2 heteroatoms. The zero-order valence-electron chi connectivity index (χ0n) is 13.3. The first-order valence-electron chi connectivity index (χ1n) is 9.18. The van der Waals surface area contributed by atoms with Gasteiger partial charge in [0.05, 0.1) is 18.8 Å². The van der Waals surface area contributed by atoms with Gasteiger partial charge in [0.15, 0.2) is 0 Å². The molecule has 20 heavy (non-hydrogen) atoms. The number of epoxide rings is 1. The van der Waals surface area contributed by atoms with E-state index >= 15 is 0 Å². The summed E-state index contributed by atoms with van der Waals surface area (Å²) in [5.41, 5.74) is 0. The molecule has 2 fully saturated rings. The molecule has 2 rings (SSSR count). The molecular formula is C18H34O2. The van der Waals surface area contributed by atoms with Crippen molar-refractivity contribution >= 4 is 0 Å². The van der Waals surface area contributed by atoms with Crippen molar-refractivity contribution in [1.29, 1.82) is 0 Å². The van der Waals surface area contributed by atoms with Crippen LogP contribution in [0.4, 0.5) is 0 Å². The molecule has 2 aliphatic rings. The average molecular weight is 282 g/mol. The summed E-state index contributed by atoms with van der Waals surface area (Å²) in [5, 5.41) is 0. The van der Waals surface area contributed by atoms with Crippen molar-refractivity contribution in [2.75, 3.05) is 13.2 Å². The molecule has 0 radical (unpaired) electrons. The quantitative estimate of drug-likeness (QED) is 0.646. The summed E-state index contributed by atoms with van der Waals surface area (Å²) in [6.07, 6.45) is 20.2. The minimum atomic E-state index is 0.468. The molecule has 0 amide bonds. The second-order valence-electron chi connectivity index (χ2n) is 6.72. The highest BCUT2D eigenvalue weighted by Gasteiger charge is 2.26. The summed E-state index contributed by atoms with van der Waals surface area (Å²) >= 11 is 0. The normalized spacial score (nSPS) is 31.8. The van der Waals surface area contributed by atoms with Gasteiger partial charge in [-0.15, -0.1) is 0 Å². The summed E-state index contributed by atoms with van der Waals surface area (Å²) in [6, 6.07) is 0. The summed E-state index contributed by atoms with van der Waals surface area (Å²) < 4.78 is 11.5. The van der Waals surface area contributed by atoms with Gasteiger partial charge >= 0.3 is 0 Å². The Hall–Kier alpha value is -0.0800. The third-order valence-electron chi connectivity index (χ3n) is 4.70. The number of hydrogen-bond acceptors (Lipinski definition) is 2. The first kappa shape index (κ1) is 16.3. The fourth-order valence-corrected chi connectivity index (χ4v) is 3.26. The Morgan fingerprint density at radius 3 is 1.60 bits per heavy atom. The molecule has 2 atom stereocenters. The average Bonchev–Trinajstić information content (AvgIpc) is 3.25. The fourth-order valence-electron chi connectivity index (χ4n) is 3.26. The zero-order chi connectivity index (χ0) is 13.9. The molecule has 0 aromatic heterocycles. The fraction of sp³-hybridized carbons (Fsp3) is 1.00. The van der Waals surface area contributed by atoms with Gasteiger partial charge in [0, 0.05) is 13.0 Å². The van der Waals surface area contributed by atoms with Gasteiger partial charge in [0.2, 0.25) is 0 Å². The van der Waals surface area contributed by atoms with Gasteiger partial charge in [0.25, 0.3) is 0 Å². The van der Waals surface area contributed by atoms with E-state index in [0.717, 1.165) is 19.6 Å². The third kappa shape index (κ3) is 8.26. The molecule has 2 heterocycles. The Balaban J connectivity index is 1.63. The van der Waals surface area contributed by atoms with Crippen molar-refractivity contribution < 1.29 is 9.47 Å². The van der Waals surface area contributed by atoms with Gasteiger partial charge in [-0.25, -0.2) is 0 Å². The molecule has 0 spiro atoms. The molecule has 0 aromatic rings. The lowest BCUT2D eigenvalue weighted by molar-refractivity contribution is 0.0325. The molecule has 2 aliphatic heterocycles. The van der Waals surface area contributed by atoms with Crippen LogP contribution in [0, 0.1) is 0 Å². The van der Waals surface area contributed by atoms with Crippen molar-refractivity contribution in [3.63, 3.8) is 0 Å². The highest BCUT2D eigenvalue weighted by Crippen LogP contribution is 2.22. The van der Waals surface area contributed by atoms with Gasteiger partial charge in [0.1, 0.15) is 0 Å². The van der Waals surface area contributed by atoms with Crippen molar-refractivity contribution in [3.05, 3.63) is 0 Å². The van der Waals surface area contributed by atoms with Gasteiger partial charge in [-0.2, -0.15) is 0 Å². The minimum absolute atomic E-state index is 0.468. The molecule has 0 aliphatic carbocycles. The van der Waals surface area contributed by atoms with Crippen molar-refractivity contribution in [1.82, 2.24) is 0 Å². The van der Waals surface area contributed by atoms with E-state index in [4.69, 9.17) is 9.47 Å². The molecule has 118 valence electrons. The first-order chi connectivity index (χ1) is 9.95. The van der Waals surface area contributed by atoms with Crippen LogP contribution in [0.5, 0.6) is 0 Å². The number of hydrogen-bond donors (Lipinski definition) is 0. The lowest BCUT2D eigenvalue weighted by Gasteiger charge is -2.17. The van der Waals surface area contributed by atoms with Gasteiger partial charge in [-0.05, 0) is 12.8 Å². The number of ether oxygens (including phenoxy) is 2. The van der Waals surface area contributed by atoms with E-state index in [1.807, 2.05) is 0 Å². The Kier molecular flexibility index (Phi) is 8.65. The molecule has 2 unspecified atom stereocenters. The maximum absolute atomic E-state index is 6.11. The second kappa shape index (κ2) is 10.6. The molecule has 2 saturated heterocycles. The van der Waals surface area contributed by atoms with Gasteiger partial charge in [-0.3, -0.25) is 0 Å². The SMILES string of the molecule is C1CCCCCCCC(CC2CO2)OCCCCCC1. The summed E-state index contributed by atoms with van der Waals surface area (Å²) in [7, 11) is 0. The van der Waals surface area contributed by atoms with Crippen LogP contribution >= 0.6 is 0 Å².